The van der Waals surface area contributed by atoms with Crippen LogP contribution in [-0.4, -0.2) is 15.6 Å². The van der Waals surface area contributed by atoms with Gasteiger partial charge in [-0.05, 0) is 42.0 Å². The summed E-state index contributed by atoms with van der Waals surface area (Å²) in [7, 11) is 1.56. The molecule has 0 saturated heterocycles. The second-order valence-electron chi connectivity index (χ2n) is 4.97. The molecule has 0 saturated carbocycles. The SMILES string of the molecule is COc1ccc(-n2sc(=O)n(Cc3ccc(Cl)c(Cl)c3)c2=O)cc1. The van der Waals surface area contributed by atoms with Crippen LogP contribution in [0.3, 0.4) is 0 Å². The number of halogens is 2. The molecule has 0 aliphatic rings. The summed E-state index contributed by atoms with van der Waals surface area (Å²) < 4.78 is 7.60. The first-order valence-corrected chi connectivity index (χ1v) is 8.44. The van der Waals surface area contributed by atoms with Gasteiger partial charge in [0.15, 0.2) is 0 Å². The molecule has 0 aliphatic carbocycles. The summed E-state index contributed by atoms with van der Waals surface area (Å²) in [6.45, 7) is 0.133. The van der Waals surface area contributed by atoms with Crippen LogP contribution in [0.1, 0.15) is 5.56 Å². The van der Waals surface area contributed by atoms with Gasteiger partial charge < -0.3 is 4.74 Å². The Labute approximate surface area is 151 Å². The largest absolute Gasteiger partial charge is 0.497 e. The van der Waals surface area contributed by atoms with E-state index < -0.39 is 5.69 Å². The third kappa shape index (κ3) is 3.26. The van der Waals surface area contributed by atoms with Crippen molar-refractivity contribution in [3.05, 3.63) is 78.2 Å². The van der Waals surface area contributed by atoms with Gasteiger partial charge in [0.25, 0.3) is 0 Å². The normalized spacial score (nSPS) is 10.8. The number of hydrogen-bond donors (Lipinski definition) is 0. The van der Waals surface area contributed by atoms with Crippen molar-refractivity contribution < 1.29 is 4.74 Å². The highest BCUT2D eigenvalue weighted by Gasteiger charge is 2.13. The number of ether oxygens (including phenoxy) is 1. The molecule has 0 spiro atoms. The van der Waals surface area contributed by atoms with E-state index in [0.717, 1.165) is 21.7 Å². The smallest absolute Gasteiger partial charge is 0.346 e. The molecule has 3 rings (SSSR count). The number of rotatable bonds is 4. The molecule has 0 radical (unpaired) electrons. The highest BCUT2D eigenvalue weighted by atomic mass is 35.5. The molecular formula is C16H12Cl2N2O3S. The molecule has 0 N–H and O–H groups in total. The third-order valence-corrected chi connectivity index (χ3v) is 5.09. The fourth-order valence-electron chi connectivity index (χ4n) is 2.19. The average molecular weight is 383 g/mol. The minimum Gasteiger partial charge on any atom is -0.497 e. The lowest BCUT2D eigenvalue weighted by Gasteiger charge is -2.04. The number of hydrogen-bond acceptors (Lipinski definition) is 4. The molecule has 24 heavy (non-hydrogen) atoms. The monoisotopic (exact) mass is 382 g/mol. The first-order valence-electron chi connectivity index (χ1n) is 6.91. The van der Waals surface area contributed by atoms with Crippen molar-refractivity contribution in [3.63, 3.8) is 0 Å². The second kappa shape index (κ2) is 6.84. The summed E-state index contributed by atoms with van der Waals surface area (Å²) in [6, 6.07) is 11.9. The molecule has 0 aliphatic heterocycles. The number of aromatic nitrogens is 2. The molecule has 3 aromatic rings. The van der Waals surface area contributed by atoms with Crippen LogP contribution in [0.4, 0.5) is 0 Å². The topological polar surface area (TPSA) is 53.2 Å². The maximum Gasteiger partial charge on any atom is 0.346 e. The Bertz CT molecular complexity index is 990. The summed E-state index contributed by atoms with van der Waals surface area (Å²) in [6.07, 6.45) is 0. The third-order valence-electron chi connectivity index (χ3n) is 3.43. The van der Waals surface area contributed by atoms with E-state index >= 15 is 0 Å². The van der Waals surface area contributed by atoms with E-state index in [4.69, 9.17) is 27.9 Å². The van der Waals surface area contributed by atoms with Crippen LogP contribution in [0, 0.1) is 0 Å². The first-order chi connectivity index (χ1) is 11.5. The molecule has 8 heteroatoms. The maximum absolute atomic E-state index is 12.5. The number of nitrogens with zero attached hydrogens (tertiary/aromatic N) is 2. The Balaban J connectivity index is 1.98. The summed E-state index contributed by atoms with van der Waals surface area (Å²) in [5, 5.41) is 0.807. The average Bonchev–Trinajstić information content (AvgIpc) is 2.86. The molecule has 0 atom stereocenters. The quantitative estimate of drug-likeness (QED) is 0.694. The zero-order valence-corrected chi connectivity index (χ0v) is 14.9. The molecule has 1 heterocycles. The van der Waals surface area contributed by atoms with Gasteiger partial charge >= 0.3 is 10.6 Å². The van der Waals surface area contributed by atoms with Crippen LogP contribution in [0.5, 0.6) is 5.75 Å². The lowest BCUT2D eigenvalue weighted by molar-refractivity contribution is 0.415. The highest BCUT2D eigenvalue weighted by Crippen LogP contribution is 2.22. The lowest BCUT2D eigenvalue weighted by atomic mass is 10.2. The van der Waals surface area contributed by atoms with Gasteiger partial charge in [-0.2, -0.15) is 0 Å². The minimum atomic E-state index is -0.402. The molecule has 5 nitrogen and oxygen atoms in total. The lowest BCUT2D eigenvalue weighted by Crippen LogP contribution is -2.28. The second-order valence-corrected chi connectivity index (χ2v) is 6.68. The Kier molecular flexibility index (Phi) is 4.80. The van der Waals surface area contributed by atoms with Crippen LogP contribution in [0.15, 0.2) is 52.1 Å². The predicted molar refractivity (Wildman–Crippen MR) is 96.3 cm³/mol. The van der Waals surface area contributed by atoms with E-state index in [-0.39, 0.29) is 11.4 Å². The zero-order valence-electron chi connectivity index (χ0n) is 12.5. The van der Waals surface area contributed by atoms with E-state index in [2.05, 4.69) is 0 Å². The summed E-state index contributed by atoms with van der Waals surface area (Å²) >= 11 is 12.7. The molecule has 0 unspecified atom stereocenters. The molecular weight excluding hydrogens is 371 g/mol. The van der Waals surface area contributed by atoms with E-state index in [1.807, 2.05) is 0 Å². The summed E-state index contributed by atoms with van der Waals surface area (Å²) in [5.41, 5.74) is 0.931. The van der Waals surface area contributed by atoms with E-state index in [9.17, 15) is 9.59 Å². The van der Waals surface area contributed by atoms with Gasteiger partial charge in [0.05, 0.1) is 29.4 Å². The van der Waals surface area contributed by atoms with E-state index in [0.29, 0.717) is 21.5 Å². The van der Waals surface area contributed by atoms with Crippen molar-refractivity contribution in [1.29, 1.82) is 0 Å². The highest BCUT2D eigenvalue weighted by molar-refractivity contribution is 7.03. The van der Waals surface area contributed by atoms with Crippen LogP contribution < -0.4 is 15.3 Å². The van der Waals surface area contributed by atoms with Crippen LogP contribution >= 0.6 is 34.7 Å². The summed E-state index contributed by atoms with van der Waals surface area (Å²) in [4.78, 5) is 24.4. The Morgan fingerprint density at radius 3 is 2.38 bits per heavy atom. The van der Waals surface area contributed by atoms with Gasteiger partial charge in [0.2, 0.25) is 0 Å². The number of benzene rings is 2. The van der Waals surface area contributed by atoms with Gasteiger partial charge in [0, 0.05) is 11.5 Å². The Morgan fingerprint density at radius 1 is 1.04 bits per heavy atom. The van der Waals surface area contributed by atoms with Crippen LogP contribution in [0.25, 0.3) is 5.69 Å². The van der Waals surface area contributed by atoms with Crippen molar-refractivity contribution in [2.75, 3.05) is 7.11 Å². The van der Waals surface area contributed by atoms with Crippen molar-refractivity contribution in [3.8, 4) is 11.4 Å². The van der Waals surface area contributed by atoms with Gasteiger partial charge in [0.1, 0.15) is 5.75 Å². The molecule has 0 fully saturated rings. The summed E-state index contributed by atoms with van der Waals surface area (Å²) in [5.74, 6) is 0.675. The maximum atomic E-state index is 12.5. The molecule has 1 aromatic heterocycles. The van der Waals surface area contributed by atoms with E-state index in [1.165, 1.54) is 3.96 Å². The van der Waals surface area contributed by atoms with Gasteiger partial charge in [-0.1, -0.05) is 29.3 Å². The first kappa shape index (κ1) is 16.8. The van der Waals surface area contributed by atoms with Crippen LogP contribution in [-0.2, 0) is 6.54 Å². The van der Waals surface area contributed by atoms with Gasteiger partial charge in [-0.3, -0.25) is 4.79 Å². The Hall–Kier alpha value is -2.02. The van der Waals surface area contributed by atoms with Crippen LogP contribution in [0.2, 0.25) is 10.0 Å². The van der Waals surface area contributed by atoms with Gasteiger partial charge in [-0.25, -0.2) is 13.3 Å². The fraction of sp³-hybridized carbons (Fsp3) is 0.125. The fourth-order valence-corrected chi connectivity index (χ4v) is 3.31. The van der Waals surface area contributed by atoms with Crippen molar-refractivity contribution >= 4 is 34.7 Å². The molecule has 0 bridgehead atoms. The molecule has 0 amide bonds. The van der Waals surface area contributed by atoms with Gasteiger partial charge in [-0.15, -0.1) is 0 Å². The van der Waals surface area contributed by atoms with Crippen molar-refractivity contribution in [2.24, 2.45) is 0 Å². The minimum absolute atomic E-state index is 0.133. The standard InChI is InChI=1S/C16H12Cl2N2O3S/c1-23-12-5-3-11(4-6-12)20-15(21)19(16(22)24-20)9-10-2-7-13(17)14(18)8-10/h2-8H,9H2,1H3. The molecule has 2 aromatic carbocycles. The van der Waals surface area contributed by atoms with Crippen molar-refractivity contribution in [2.45, 2.75) is 6.54 Å². The molecule has 124 valence electrons. The van der Waals surface area contributed by atoms with Crippen molar-refractivity contribution in [1.82, 2.24) is 8.52 Å². The Morgan fingerprint density at radius 2 is 1.75 bits per heavy atom. The number of methoxy groups -OCH3 is 1. The zero-order chi connectivity index (χ0) is 17.3. The van der Waals surface area contributed by atoms with E-state index in [1.54, 1.807) is 49.6 Å². The predicted octanol–water partition coefficient (Wildman–Crippen LogP) is 3.42.